The van der Waals surface area contributed by atoms with E-state index in [9.17, 15) is 9.90 Å². The van der Waals surface area contributed by atoms with E-state index in [2.05, 4.69) is 5.32 Å². The summed E-state index contributed by atoms with van der Waals surface area (Å²) in [5.41, 5.74) is 2.09. The topological polar surface area (TPSA) is 67.8 Å². The number of aliphatic carboxylic acids is 1. The van der Waals surface area contributed by atoms with Crippen molar-refractivity contribution in [1.29, 1.82) is 0 Å². The molecule has 0 amide bonds. The Morgan fingerprint density at radius 2 is 2.29 bits per heavy atom. The van der Waals surface area contributed by atoms with Crippen LogP contribution in [0.5, 0.6) is 11.5 Å². The molecule has 0 aliphatic carbocycles. The molecule has 5 nitrogen and oxygen atoms in total. The van der Waals surface area contributed by atoms with Crippen LogP contribution in [0.2, 0.25) is 0 Å². The lowest BCUT2D eigenvalue weighted by molar-refractivity contribution is -0.141. The molecule has 2 heterocycles. The van der Waals surface area contributed by atoms with Crippen molar-refractivity contribution in [2.45, 2.75) is 32.3 Å². The first-order valence-corrected chi connectivity index (χ1v) is 7.50. The van der Waals surface area contributed by atoms with Crippen LogP contribution in [0, 0.1) is 5.92 Å². The van der Waals surface area contributed by atoms with Gasteiger partial charge in [-0.1, -0.05) is 0 Å². The van der Waals surface area contributed by atoms with Crippen molar-refractivity contribution in [1.82, 2.24) is 5.32 Å². The smallest absolute Gasteiger partial charge is 0.308 e. The summed E-state index contributed by atoms with van der Waals surface area (Å²) in [6.45, 7) is 5.71. The van der Waals surface area contributed by atoms with Gasteiger partial charge in [0.2, 0.25) is 0 Å². The third kappa shape index (κ3) is 2.58. The van der Waals surface area contributed by atoms with E-state index in [4.69, 9.17) is 9.47 Å². The van der Waals surface area contributed by atoms with Gasteiger partial charge in [0.05, 0.1) is 12.5 Å². The molecule has 0 spiro atoms. The van der Waals surface area contributed by atoms with E-state index in [1.165, 1.54) is 0 Å². The van der Waals surface area contributed by atoms with E-state index >= 15 is 0 Å². The summed E-state index contributed by atoms with van der Waals surface area (Å²) < 4.78 is 11.6. The molecule has 1 aromatic rings. The average molecular weight is 291 g/mol. The summed E-state index contributed by atoms with van der Waals surface area (Å²) in [4.78, 5) is 11.4. The molecule has 0 bridgehead atoms. The predicted molar refractivity (Wildman–Crippen MR) is 78.1 cm³/mol. The minimum atomic E-state index is -0.762. The van der Waals surface area contributed by atoms with E-state index in [1.807, 2.05) is 26.0 Å². The largest absolute Gasteiger partial charge is 0.494 e. The second-order valence-electron chi connectivity index (χ2n) is 5.77. The molecule has 2 aliphatic heterocycles. The monoisotopic (exact) mass is 291 g/mol. The summed E-state index contributed by atoms with van der Waals surface area (Å²) >= 11 is 0. The van der Waals surface area contributed by atoms with Gasteiger partial charge in [0, 0.05) is 36.6 Å². The van der Waals surface area contributed by atoms with Crippen LogP contribution in [0.1, 0.15) is 30.9 Å². The molecule has 0 radical (unpaired) electrons. The van der Waals surface area contributed by atoms with Crippen LogP contribution < -0.4 is 14.8 Å². The fourth-order valence-electron chi connectivity index (χ4n) is 3.29. The van der Waals surface area contributed by atoms with Gasteiger partial charge in [0.1, 0.15) is 17.6 Å². The lowest BCUT2D eigenvalue weighted by Gasteiger charge is -2.20. The van der Waals surface area contributed by atoms with Crippen molar-refractivity contribution in [3.05, 3.63) is 23.3 Å². The number of nitrogens with one attached hydrogen (secondary N) is 1. The SMILES string of the molecule is CCOc1cc2c(cc1C1CNCC1C(=O)O)OC(C)C2. The van der Waals surface area contributed by atoms with Gasteiger partial charge in [-0.25, -0.2) is 0 Å². The molecule has 21 heavy (non-hydrogen) atoms. The van der Waals surface area contributed by atoms with E-state index in [1.54, 1.807) is 0 Å². The molecule has 1 saturated heterocycles. The lowest BCUT2D eigenvalue weighted by atomic mass is 9.87. The van der Waals surface area contributed by atoms with E-state index in [0.29, 0.717) is 19.7 Å². The van der Waals surface area contributed by atoms with Gasteiger partial charge in [0.25, 0.3) is 0 Å². The highest BCUT2D eigenvalue weighted by Crippen LogP contribution is 2.41. The number of rotatable bonds is 4. The molecular weight excluding hydrogens is 270 g/mol. The van der Waals surface area contributed by atoms with Crippen LogP contribution in [-0.4, -0.2) is 36.9 Å². The van der Waals surface area contributed by atoms with E-state index in [-0.39, 0.29) is 12.0 Å². The zero-order valence-electron chi connectivity index (χ0n) is 12.4. The molecule has 114 valence electrons. The van der Waals surface area contributed by atoms with Gasteiger partial charge >= 0.3 is 5.97 Å². The van der Waals surface area contributed by atoms with Gasteiger partial charge < -0.3 is 19.9 Å². The Morgan fingerprint density at radius 3 is 3.00 bits per heavy atom. The number of hydrogen-bond acceptors (Lipinski definition) is 4. The number of fused-ring (bicyclic) bond motifs is 1. The van der Waals surface area contributed by atoms with Crippen molar-refractivity contribution in [2.24, 2.45) is 5.92 Å². The highest BCUT2D eigenvalue weighted by atomic mass is 16.5. The number of ether oxygens (including phenoxy) is 2. The van der Waals surface area contributed by atoms with Crippen LogP contribution in [0.3, 0.4) is 0 Å². The molecule has 0 aromatic heterocycles. The summed E-state index contributed by atoms with van der Waals surface area (Å²) in [5, 5.41) is 12.6. The van der Waals surface area contributed by atoms with Crippen molar-refractivity contribution < 1.29 is 19.4 Å². The third-order valence-electron chi connectivity index (χ3n) is 4.26. The van der Waals surface area contributed by atoms with Crippen molar-refractivity contribution in [2.75, 3.05) is 19.7 Å². The number of carbonyl (C=O) groups is 1. The highest BCUT2D eigenvalue weighted by Gasteiger charge is 2.36. The summed E-state index contributed by atoms with van der Waals surface area (Å²) in [7, 11) is 0. The Hall–Kier alpha value is -1.75. The van der Waals surface area contributed by atoms with Crippen molar-refractivity contribution in [3.63, 3.8) is 0 Å². The maximum absolute atomic E-state index is 11.4. The first kappa shape index (κ1) is 14.2. The number of carboxylic acid groups (broad SMARTS) is 1. The molecule has 3 atom stereocenters. The zero-order valence-corrected chi connectivity index (χ0v) is 12.4. The molecular formula is C16H21NO4. The quantitative estimate of drug-likeness (QED) is 0.885. The number of carboxylic acids is 1. The molecule has 5 heteroatoms. The van der Waals surface area contributed by atoms with Crippen LogP contribution in [0.25, 0.3) is 0 Å². The van der Waals surface area contributed by atoms with Crippen molar-refractivity contribution >= 4 is 5.97 Å². The van der Waals surface area contributed by atoms with Crippen LogP contribution in [-0.2, 0) is 11.2 Å². The second kappa shape index (κ2) is 5.56. The summed E-state index contributed by atoms with van der Waals surface area (Å²) in [5.74, 6) is 0.420. The van der Waals surface area contributed by atoms with Crippen LogP contribution in [0.15, 0.2) is 12.1 Å². The van der Waals surface area contributed by atoms with Gasteiger partial charge in [-0.15, -0.1) is 0 Å². The second-order valence-corrected chi connectivity index (χ2v) is 5.77. The molecule has 3 unspecified atom stereocenters. The first-order valence-electron chi connectivity index (χ1n) is 7.50. The standard InChI is InChI=1S/C16H21NO4/c1-3-20-15-5-10-4-9(2)21-14(10)6-11(15)12-7-17-8-13(12)16(18)19/h5-6,9,12-13,17H,3-4,7-8H2,1-2H3,(H,18,19). The van der Waals surface area contributed by atoms with Crippen LogP contribution >= 0.6 is 0 Å². The average Bonchev–Trinajstić information content (AvgIpc) is 3.02. The first-order chi connectivity index (χ1) is 10.1. The number of hydrogen-bond donors (Lipinski definition) is 2. The summed E-state index contributed by atoms with van der Waals surface area (Å²) in [6.07, 6.45) is 1.04. The summed E-state index contributed by atoms with van der Waals surface area (Å²) in [6, 6.07) is 4.01. The Balaban J connectivity index is 2.00. The molecule has 1 fully saturated rings. The van der Waals surface area contributed by atoms with E-state index in [0.717, 1.165) is 29.0 Å². The maximum Gasteiger partial charge on any atom is 0.308 e. The minimum absolute atomic E-state index is 0.0751. The van der Waals surface area contributed by atoms with Crippen LogP contribution in [0.4, 0.5) is 0 Å². The lowest BCUT2D eigenvalue weighted by Crippen LogP contribution is -2.21. The van der Waals surface area contributed by atoms with Gasteiger partial charge in [-0.2, -0.15) is 0 Å². The highest BCUT2D eigenvalue weighted by molar-refractivity contribution is 5.73. The fraction of sp³-hybridized carbons (Fsp3) is 0.562. The predicted octanol–water partition coefficient (Wildman–Crippen LogP) is 1.80. The molecule has 2 N–H and O–H groups in total. The fourth-order valence-corrected chi connectivity index (χ4v) is 3.29. The number of benzene rings is 1. The molecule has 3 rings (SSSR count). The normalized spacial score (nSPS) is 27.2. The Labute approximate surface area is 124 Å². The Morgan fingerprint density at radius 1 is 1.48 bits per heavy atom. The third-order valence-corrected chi connectivity index (χ3v) is 4.26. The molecule has 2 aliphatic rings. The minimum Gasteiger partial charge on any atom is -0.494 e. The van der Waals surface area contributed by atoms with Gasteiger partial charge in [-0.05, 0) is 26.0 Å². The van der Waals surface area contributed by atoms with Gasteiger partial charge in [-0.3, -0.25) is 4.79 Å². The molecule has 1 aromatic carbocycles. The Bertz CT molecular complexity index is 557. The van der Waals surface area contributed by atoms with Crippen molar-refractivity contribution in [3.8, 4) is 11.5 Å². The van der Waals surface area contributed by atoms with Gasteiger partial charge in [0.15, 0.2) is 0 Å². The maximum atomic E-state index is 11.4. The zero-order chi connectivity index (χ0) is 15.0. The van der Waals surface area contributed by atoms with E-state index < -0.39 is 11.9 Å². The Kier molecular flexibility index (Phi) is 3.76. The molecule has 0 saturated carbocycles.